The first-order valence-corrected chi connectivity index (χ1v) is 9.75. The van der Waals surface area contributed by atoms with E-state index >= 15 is 0 Å². The van der Waals surface area contributed by atoms with Gasteiger partial charge in [-0.1, -0.05) is 53.5 Å². The Kier molecular flexibility index (Phi) is 7.61. The van der Waals surface area contributed by atoms with Crippen molar-refractivity contribution in [3.8, 4) is 11.5 Å². The second-order valence-electron chi connectivity index (χ2n) is 6.07. The normalized spacial score (nSPS) is 10.3. The molecule has 0 bridgehead atoms. The number of para-hydroxylation sites is 3. The Morgan fingerprint density at radius 3 is 2.24 bits per heavy atom. The van der Waals surface area contributed by atoms with E-state index in [-0.39, 0.29) is 12.5 Å². The number of anilines is 2. The van der Waals surface area contributed by atoms with Gasteiger partial charge in [0, 0.05) is 15.7 Å². The summed E-state index contributed by atoms with van der Waals surface area (Å²) in [6, 6.07) is 21.8. The molecule has 29 heavy (non-hydrogen) atoms. The van der Waals surface area contributed by atoms with Crippen LogP contribution >= 0.6 is 23.2 Å². The fourth-order valence-corrected chi connectivity index (χ4v) is 3.10. The Balaban J connectivity index is 1.48. The van der Waals surface area contributed by atoms with Gasteiger partial charge >= 0.3 is 0 Å². The van der Waals surface area contributed by atoms with Gasteiger partial charge < -0.3 is 20.1 Å². The third-order valence-corrected chi connectivity index (χ3v) is 4.26. The van der Waals surface area contributed by atoms with Crippen LogP contribution in [0.15, 0.2) is 72.8 Å². The Bertz CT molecular complexity index is 932. The predicted octanol–water partition coefficient (Wildman–Crippen LogP) is 5.50. The van der Waals surface area contributed by atoms with Gasteiger partial charge in [0.15, 0.2) is 0 Å². The molecule has 0 heterocycles. The molecule has 0 radical (unpaired) electrons. The monoisotopic (exact) mass is 430 g/mol. The molecule has 150 valence electrons. The number of carbonyl (C=O) groups excluding carboxylic acids is 1. The van der Waals surface area contributed by atoms with E-state index in [0.717, 1.165) is 5.75 Å². The average Bonchev–Trinajstić information content (AvgIpc) is 2.70. The third kappa shape index (κ3) is 6.89. The summed E-state index contributed by atoms with van der Waals surface area (Å²) in [5.74, 6) is 1.20. The maximum absolute atomic E-state index is 12.2. The van der Waals surface area contributed by atoms with E-state index in [1.807, 2.05) is 54.6 Å². The minimum atomic E-state index is -0.231. The fraction of sp³-hybridized carbons (Fsp3) is 0.136. The number of hydrogen-bond donors (Lipinski definition) is 2. The van der Waals surface area contributed by atoms with Crippen molar-refractivity contribution in [1.29, 1.82) is 0 Å². The first-order valence-electron chi connectivity index (χ1n) is 8.99. The summed E-state index contributed by atoms with van der Waals surface area (Å²) >= 11 is 11.9. The average molecular weight is 431 g/mol. The van der Waals surface area contributed by atoms with E-state index < -0.39 is 0 Å². The highest BCUT2D eigenvalue weighted by Crippen LogP contribution is 2.24. The van der Waals surface area contributed by atoms with Gasteiger partial charge in [0.2, 0.25) is 5.91 Å². The second-order valence-corrected chi connectivity index (χ2v) is 6.94. The lowest BCUT2D eigenvalue weighted by atomic mass is 10.3. The quantitative estimate of drug-likeness (QED) is 0.439. The molecule has 0 aliphatic heterocycles. The lowest BCUT2D eigenvalue weighted by Crippen LogP contribution is -2.22. The van der Waals surface area contributed by atoms with Gasteiger partial charge in [-0.25, -0.2) is 0 Å². The van der Waals surface area contributed by atoms with Crippen molar-refractivity contribution in [3.63, 3.8) is 0 Å². The molecule has 0 aliphatic carbocycles. The van der Waals surface area contributed by atoms with Crippen LogP contribution in [0.25, 0.3) is 0 Å². The SMILES string of the molecule is O=C(CNc1ccccc1OCCOc1ccccc1)Nc1cc(Cl)cc(Cl)c1. The number of benzene rings is 3. The van der Waals surface area contributed by atoms with Crippen molar-refractivity contribution in [2.24, 2.45) is 0 Å². The molecule has 3 aromatic carbocycles. The van der Waals surface area contributed by atoms with Crippen molar-refractivity contribution in [2.45, 2.75) is 0 Å². The van der Waals surface area contributed by atoms with E-state index in [2.05, 4.69) is 10.6 Å². The van der Waals surface area contributed by atoms with Crippen molar-refractivity contribution in [1.82, 2.24) is 0 Å². The minimum absolute atomic E-state index is 0.0605. The van der Waals surface area contributed by atoms with Crippen LogP contribution in [-0.4, -0.2) is 25.7 Å². The van der Waals surface area contributed by atoms with Crippen molar-refractivity contribution in [3.05, 3.63) is 82.8 Å². The molecular weight excluding hydrogens is 411 g/mol. The summed E-state index contributed by atoms with van der Waals surface area (Å²) in [7, 11) is 0. The van der Waals surface area contributed by atoms with Crippen LogP contribution in [0.3, 0.4) is 0 Å². The molecule has 3 aromatic rings. The van der Waals surface area contributed by atoms with Gasteiger partial charge in [-0.15, -0.1) is 0 Å². The highest BCUT2D eigenvalue weighted by molar-refractivity contribution is 6.35. The van der Waals surface area contributed by atoms with Crippen molar-refractivity contribution >= 4 is 40.5 Å². The number of halogens is 2. The molecule has 0 atom stereocenters. The number of amides is 1. The molecule has 3 rings (SSSR count). The summed E-state index contributed by atoms with van der Waals surface area (Å²) in [5, 5.41) is 6.74. The molecule has 0 unspecified atom stereocenters. The number of ether oxygens (including phenoxy) is 2. The molecule has 0 fully saturated rings. The number of nitrogens with one attached hydrogen (secondary N) is 2. The first-order chi connectivity index (χ1) is 14.1. The van der Waals surface area contributed by atoms with Gasteiger partial charge in [0.25, 0.3) is 0 Å². The summed E-state index contributed by atoms with van der Waals surface area (Å²) in [4.78, 5) is 12.2. The molecule has 0 spiro atoms. The molecule has 2 N–H and O–H groups in total. The molecule has 0 aliphatic rings. The van der Waals surface area contributed by atoms with Gasteiger partial charge in [-0.3, -0.25) is 4.79 Å². The zero-order chi connectivity index (χ0) is 20.5. The fourth-order valence-electron chi connectivity index (χ4n) is 2.57. The van der Waals surface area contributed by atoms with E-state index in [1.165, 1.54) is 0 Å². The number of carbonyl (C=O) groups is 1. The Morgan fingerprint density at radius 2 is 1.48 bits per heavy atom. The van der Waals surface area contributed by atoms with E-state index in [4.69, 9.17) is 32.7 Å². The maximum Gasteiger partial charge on any atom is 0.243 e. The van der Waals surface area contributed by atoms with Crippen molar-refractivity contribution in [2.75, 3.05) is 30.4 Å². The smallest absolute Gasteiger partial charge is 0.243 e. The Morgan fingerprint density at radius 1 is 0.828 bits per heavy atom. The zero-order valence-corrected chi connectivity index (χ0v) is 17.0. The third-order valence-electron chi connectivity index (χ3n) is 3.83. The molecule has 1 amide bonds. The molecule has 0 saturated heterocycles. The molecule has 7 heteroatoms. The topological polar surface area (TPSA) is 59.6 Å². The van der Waals surface area contributed by atoms with E-state index in [0.29, 0.717) is 40.4 Å². The maximum atomic E-state index is 12.2. The Hall–Kier alpha value is -2.89. The van der Waals surface area contributed by atoms with Gasteiger partial charge in [0.1, 0.15) is 24.7 Å². The lowest BCUT2D eigenvalue weighted by Gasteiger charge is -2.14. The van der Waals surface area contributed by atoms with Gasteiger partial charge in [-0.2, -0.15) is 0 Å². The largest absolute Gasteiger partial charge is 0.490 e. The van der Waals surface area contributed by atoms with E-state index in [1.54, 1.807) is 18.2 Å². The summed E-state index contributed by atoms with van der Waals surface area (Å²) in [5.41, 5.74) is 1.25. The molecule has 0 saturated carbocycles. The van der Waals surface area contributed by atoms with Crippen LogP contribution in [0.2, 0.25) is 10.0 Å². The molecule has 5 nitrogen and oxygen atoms in total. The van der Waals surface area contributed by atoms with Gasteiger partial charge in [-0.05, 0) is 42.5 Å². The summed E-state index contributed by atoms with van der Waals surface area (Å²) < 4.78 is 11.4. The van der Waals surface area contributed by atoms with Crippen molar-refractivity contribution < 1.29 is 14.3 Å². The van der Waals surface area contributed by atoms with Crippen LogP contribution < -0.4 is 20.1 Å². The van der Waals surface area contributed by atoms with Crippen LogP contribution in [0.5, 0.6) is 11.5 Å². The molecular formula is C22H20Cl2N2O3. The van der Waals surface area contributed by atoms with Crippen LogP contribution in [-0.2, 0) is 4.79 Å². The standard InChI is InChI=1S/C22H20Cl2N2O3/c23-16-12-17(24)14-18(13-16)26-22(27)15-25-20-8-4-5-9-21(20)29-11-10-28-19-6-2-1-3-7-19/h1-9,12-14,25H,10-11,15H2,(H,26,27). The predicted molar refractivity (Wildman–Crippen MR) is 117 cm³/mol. The first kappa shape index (κ1) is 20.8. The highest BCUT2D eigenvalue weighted by Gasteiger charge is 2.07. The summed E-state index contributed by atoms with van der Waals surface area (Å²) in [6.45, 7) is 0.847. The second kappa shape index (κ2) is 10.6. The molecule has 0 aromatic heterocycles. The van der Waals surface area contributed by atoms with Gasteiger partial charge in [0.05, 0.1) is 12.2 Å². The number of hydrogen-bond acceptors (Lipinski definition) is 4. The number of rotatable bonds is 9. The summed E-state index contributed by atoms with van der Waals surface area (Å²) in [6.07, 6.45) is 0. The zero-order valence-electron chi connectivity index (χ0n) is 15.5. The van der Waals surface area contributed by atoms with E-state index in [9.17, 15) is 4.79 Å². The lowest BCUT2D eigenvalue weighted by molar-refractivity contribution is -0.114. The minimum Gasteiger partial charge on any atom is -0.490 e. The van der Waals surface area contributed by atoms with Crippen LogP contribution in [0.4, 0.5) is 11.4 Å². The van der Waals surface area contributed by atoms with Crippen LogP contribution in [0.1, 0.15) is 0 Å². The van der Waals surface area contributed by atoms with Crippen LogP contribution in [0, 0.1) is 0 Å². The Labute approximate surface area is 179 Å². The highest BCUT2D eigenvalue weighted by atomic mass is 35.5.